The van der Waals surface area contributed by atoms with E-state index in [2.05, 4.69) is 37.4 Å². The third-order valence-corrected chi connectivity index (χ3v) is 3.70. The molecule has 2 rings (SSSR count). The van der Waals surface area contributed by atoms with Crippen molar-refractivity contribution in [3.63, 3.8) is 0 Å². The molecule has 0 saturated carbocycles. The molecule has 1 aromatic rings. The van der Waals surface area contributed by atoms with E-state index in [-0.39, 0.29) is 0 Å². The van der Waals surface area contributed by atoms with Crippen LogP contribution in [0.5, 0.6) is 0 Å². The topological polar surface area (TPSA) is 27.7 Å². The molecule has 0 N–H and O–H groups in total. The van der Waals surface area contributed by atoms with Crippen molar-refractivity contribution in [3.05, 3.63) is 35.9 Å². The molecule has 0 aromatic heterocycles. The molecule has 1 aromatic carbocycles. The van der Waals surface area contributed by atoms with E-state index in [4.69, 9.17) is 14.2 Å². The van der Waals surface area contributed by atoms with Gasteiger partial charge in [-0.25, -0.2) is 0 Å². The molecule has 1 saturated heterocycles. The predicted molar refractivity (Wildman–Crippen MR) is 78.5 cm³/mol. The highest BCUT2D eigenvalue weighted by atomic mass is 16.5. The van der Waals surface area contributed by atoms with Crippen LogP contribution in [0.15, 0.2) is 30.3 Å². The summed E-state index contributed by atoms with van der Waals surface area (Å²) in [6, 6.07) is 10.6. The van der Waals surface area contributed by atoms with Gasteiger partial charge in [-0.1, -0.05) is 30.3 Å². The average Bonchev–Trinajstić information content (AvgIpc) is 2.44. The Bertz CT molecular complexity index is 357. The van der Waals surface area contributed by atoms with Gasteiger partial charge in [-0.15, -0.1) is 0 Å². The van der Waals surface area contributed by atoms with E-state index in [1.807, 2.05) is 0 Å². The van der Waals surface area contributed by atoms with E-state index in [0.717, 1.165) is 37.3 Å². The second-order valence-electron chi connectivity index (χ2n) is 5.55. The molecular weight excluding hydrogens is 254 g/mol. The van der Waals surface area contributed by atoms with Crippen LogP contribution in [0.1, 0.15) is 5.56 Å². The summed E-state index contributed by atoms with van der Waals surface area (Å²) in [7, 11) is 2.28. The third-order valence-electron chi connectivity index (χ3n) is 3.70. The third kappa shape index (κ3) is 5.59. The Hall–Kier alpha value is -0.940. The van der Waals surface area contributed by atoms with E-state index in [1.54, 1.807) is 0 Å². The quantitative estimate of drug-likeness (QED) is 0.772. The van der Waals surface area contributed by atoms with Crippen LogP contribution in [0.4, 0.5) is 0 Å². The predicted octanol–water partition coefficient (Wildman–Crippen LogP) is 1.70. The summed E-state index contributed by atoms with van der Waals surface area (Å²) in [6.07, 6.45) is 0. The lowest BCUT2D eigenvalue weighted by Crippen LogP contribution is -2.48. The van der Waals surface area contributed by atoms with Gasteiger partial charge in [-0.3, -0.25) is 0 Å². The fourth-order valence-electron chi connectivity index (χ4n) is 2.41. The summed E-state index contributed by atoms with van der Waals surface area (Å²) in [5.74, 6) is 0. The molecule has 4 nitrogen and oxygen atoms in total. The molecule has 112 valence electrons. The van der Waals surface area contributed by atoms with Crippen LogP contribution in [0, 0.1) is 0 Å². The first-order chi connectivity index (χ1) is 9.79. The summed E-state index contributed by atoms with van der Waals surface area (Å²) >= 11 is 0. The van der Waals surface area contributed by atoms with Gasteiger partial charge in [-0.05, 0) is 0 Å². The van der Waals surface area contributed by atoms with Crippen LogP contribution in [0.2, 0.25) is 0 Å². The zero-order valence-corrected chi connectivity index (χ0v) is 12.4. The fraction of sp³-hybridized carbons (Fsp3) is 0.625. The SMILES string of the molecule is C[N+]1(Cc2ccccc2)CCOCCOCCOCC1. The van der Waals surface area contributed by atoms with Crippen LogP contribution >= 0.6 is 0 Å². The second kappa shape index (κ2) is 8.37. The molecule has 1 aliphatic heterocycles. The van der Waals surface area contributed by atoms with Gasteiger partial charge in [0.25, 0.3) is 0 Å². The number of nitrogens with zero attached hydrogens (tertiary/aromatic N) is 1. The lowest BCUT2D eigenvalue weighted by Gasteiger charge is -2.34. The van der Waals surface area contributed by atoms with Crippen LogP contribution in [0.3, 0.4) is 0 Å². The maximum absolute atomic E-state index is 5.66. The Morgan fingerprint density at radius 2 is 1.30 bits per heavy atom. The normalized spacial score (nSPS) is 21.6. The molecule has 0 spiro atoms. The molecule has 0 bridgehead atoms. The van der Waals surface area contributed by atoms with Gasteiger partial charge in [0.15, 0.2) is 0 Å². The molecule has 1 aliphatic rings. The number of benzene rings is 1. The van der Waals surface area contributed by atoms with Crippen molar-refractivity contribution in [1.29, 1.82) is 0 Å². The first-order valence-electron chi connectivity index (χ1n) is 7.39. The molecule has 0 unspecified atom stereocenters. The van der Waals surface area contributed by atoms with E-state index in [0.29, 0.717) is 26.4 Å². The Morgan fingerprint density at radius 1 is 0.800 bits per heavy atom. The Labute approximate surface area is 121 Å². The van der Waals surface area contributed by atoms with Crippen molar-refractivity contribution >= 4 is 0 Å². The molecule has 20 heavy (non-hydrogen) atoms. The lowest BCUT2D eigenvalue weighted by atomic mass is 10.2. The number of ether oxygens (including phenoxy) is 3. The van der Waals surface area contributed by atoms with Crippen molar-refractivity contribution in [2.45, 2.75) is 6.54 Å². The molecule has 1 fully saturated rings. The van der Waals surface area contributed by atoms with Gasteiger partial charge < -0.3 is 18.7 Å². The van der Waals surface area contributed by atoms with Gasteiger partial charge in [0.2, 0.25) is 0 Å². The minimum absolute atomic E-state index is 0.658. The number of likely N-dealkylation sites (N-methyl/N-ethyl adjacent to an activating group) is 1. The molecule has 0 radical (unpaired) electrons. The molecular formula is C16H26NO3+. The number of rotatable bonds is 2. The van der Waals surface area contributed by atoms with Crippen molar-refractivity contribution in [2.24, 2.45) is 0 Å². The number of hydrogen-bond donors (Lipinski definition) is 0. The summed E-state index contributed by atoms with van der Waals surface area (Å²) in [4.78, 5) is 0. The van der Waals surface area contributed by atoms with Gasteiger partial charge in [0, 0.05) is 5.56 Å². The largest absolute Gasteiger partial charge is 0.377 e. The monoisotopic (exact) mass is 280 g/mol. The first-order valence-corrected chi connectivity index (χ1v) is 7.39. The fourth-order valence-corrected chi connectivity index (χ4v) is 2.41. The summed E-state index contributed by atoms with van der Waals surface area (Å²) in [6.45, 7) is 7.22. The van der Waals surface area contributed by atoms with Crippen molar-refractivity contribution in [1.82, 2.24) is 0 Å². The van der Waals surface area contributed by atoms with E-state index >= 15 is 0 Å². The zero-order chi connectivity index (χ0) is 14.1. The lowest BCUT2D eigenvalue weighted by molar-refractivity contribution is -0.923. The Balaban J connectivity index is 1.92. The minimum atomic E-state index is 0.658. The number of quaternary nitrogens is 1. The average molecular weight is 280 g/mol. The molecule has 0 aliphatic carbocycles. The maximum atomic E-state index is 5.66. The summed E-state index contributed by atoms with van der Waals surface area (Å²) < 4.78 is 17.7. The highest BCUT2D eigenvalue weighted by Crippen LogP contribution is 2.12. The summed E-state index contributed by atoms with van der Waals surface area (Å²) in [5, 5.41) is 0. The zero-order valence-electron chi connectivity index (χ0n) is 12.4. The molecule has 1 heterocycles. The first kappa shape index (κ1) is 15.4. The van der Waals surface area contributed by atoms with Crippen molar-refractivity contribution in [2.75, 3.05) is 59.8 Å². The van der Waals surface area contributed by atoms with Gasteiger partial charge in [-0.2, -0.15) is 0 Å². The van der Waals surface area contributed by atoms with Crippen molar-refractivity contribution < 1.29 is 18.7 Å². The molecule has 0 atom stereocenters. The van der Waals surface area contributed by atoms with Gasteiger partial charge in [0.05, 0.1) is 46.7 Å². The smallest absolute Gasteiger partial charge is 0.104 e. The molecule has 4 heteroatoms. The van der Waals surface area contributed by atoms with E-state index < -0.39 is 0 Å². The standard InChI is InChI=1S/C16H26NO3/c1-17(15-16-5-3-2-4-6-16)7-9-18-11-13-20-14-12-19-10-8-17/h2-6H,7-15H2,1H3/q+1. The van der Waals surface area contributed by atoms with Crippen LogP contribution in [0.25, 0.3) is 0 Å². The van der Waals surface area contributed by atoms with E-state index in [9.17, 15) is 0 Å². The number of hydrogen-bond acceptors (Lipinski definition) is 3. The van der Waals surface area contributed by atoms with Crippen molar-refractivity contribution in [3.8, 4) is 0 Å². The highest BCUT2D eigenvalue weighted by molar-refractivity contribution is 5.13. The molecule has 0 amide bonds. The second-order valence-corrected chi connectivity index (χ2v) is 5.55. The van der Waals surface area contributed by atoms with Gasteiger partial charge >= 0.3 is 0 Å². The van der Waals surface area contributed by atoms with Gasteiger partial charge in [0.1, 0.15) is 19.6 Å². The van der Waals surface area contributed by atoms with Crippen LogP contribution in [-0.4, -0.2) is 64.3 Å². The minimum Gasteiger partial charge on any atom is -0.377 e. The van der Waals surface area contributed by atoms with E-state index in [1.165, 1.54) is 5.56 Å². The van der Waals surface area contributed by atoms with Crippen LogP contribution < -0.4 is 0 Å². The maximum Gasteiger partial charge on any atom is 0.104 e. The van der Waals surface area contributed by atoms with Crippen LogP contribution in [-0.2, 0) is 20.8 Å². The summed E-state index contributed by atoms with van der Waals surface area (Å²) in [5.41, 5.74) is 1.37. The Morgan fingerprint density at radius 3 is 1.85 bits per heavy atom. The Kier molecular flexibility index (Phi) is 6.47. The highest BCUT2D eigenvalue weighted by Gasteiger charge is 2.22.